The topological polar surface area (TPSA) is 58.1 Å². The molecule has 1 fully saturated rings. The standard InChI is InChI=1S/C15H18N4OS/c1-10-9-21-15(16-10)18-14-7-3-5-12(17-14)13-6-4-8-19(13)11(2)20/h3,5,7,9,13H,4,6,8H2,1-2H3,(H,16,17,18)/t13-/m1/s1. The Kier molecular flexibility index (Phi) is 3.88. The number of rotatable bonds is 3. The second-order valence-corrected chi connectivity index (χ2v) is 6.10. The van der Waals surface area contributed by atoms with Crippen LogP contribution in [0.3, 0.4) is 0 Å². The molecule has 1 aliphatic heterocycles. The van der Waals surface area contributed by atoms with Gasteiger partial charge < -0.3 is 10.2 Å². The number of nitrogens with one attached hydrogen (secondary N) is 1. The number of aryl methyl sites for hydroxylation is 1. The zero-order valence-corrected chi connectivity index (χ0v) is 13.0. The summed E-state index contributed by atoms with van der Waals surface area (Å²) in [4.78, 5) is 22.6. The summed E-state index contributed by atoms with van der Waals surface area (Å²) in [5, 5.41) is 6.07. The highest BCUT2D eigenvalue weighted by Crippen LogP contribution is 2.31. The molecular formula is C15H18N4OS. The first kappa shape index (κ1) is 14.0. The molecule has 0 spiro atoms. The first-order valence-corrected chi connectivity index (χ1v) is 7.95. The fourth-order valence-corrected chi connectivity index (χ4v) is 3.37. The van der Waals surface area contributed by atoms with E-state index in [9.17, 15) is 4.79 Å². The normalized spacial score (nSPS) is 18.0. The molecule has 0 radical (unpaired) electrons. The summed E-state index contributed by atoms with van der Waals surface area (Å²) in [6, 6.07) is 5.99. The molecule has 3 rings (SSSR count). The van der Waals surface area contributed by atoms with Crippen molar-refractivity contribution in [1.82, 2.24) is 14.9 Å². The lowest BCUT2D eigenvalue weighted by atomic mass is 10.1. The van der Waals surface area contributed by atoms with E-state index in [0.29, 0.717) is 0 Å². The molecule has 21 heavy (non-hydrogen) atoms. The number of aromatic nitrogens is 2. The Labute approximate surface area is 128 Å². The minimum Gasteiger partial charge on any atom is -0.334 e. The van der Waals surface area contributed by atoms with Gasteiger partial charge in [0.1, 0.15) is 5.82 Å². The zero-order valence-electron chi connectivity index (χ0n) is 12.2. The van der Waals surface area contributed by atoms with E-state index in [4.69, 9.17) is 0 Å². The predicted octanol–water partition coefficient (Wildman–Crippen LogP) is 3.27. The van der Waals surface area contributed by atoms with E-state index in [-0.39, 0.29) is 11.9 Å². The molecule has 0 bridgehead atoms. The van der Waals surface area contributed by atoms with Crippen LogP contribution in [0.2, 0.25) is 0 Å². The van der Waals surface area contributed by atoms with Crippen molar-refractivity contribution in [3.8, 4) is 0 Å². The summed E-state index contributed by atoms with van der Waals surface area (Å²) in [5.74, 6) is 0.894. The van der Waals surface area contributed by atoms with Gasteiger partial charge in [-0.05, 0) is 31.9 Å². The molecule has 3 heterocycles. The van der Waals surface area contributed by atoms with Crippen LogP contribution in [0.1, 0.15) is 37.2 Å². The number of pyridine rings is 1. The fraction of sp³-hybridized carbons (Fsp3) is 0.400. The van der Waals surface area contributed by atoms with Gasteiger partial charge in [0.15, 0.2) is 5.13 Å². The lowest BCUT2D eigenvalue weighted by molar-refractivity contribution is -0.129. The van der Waals surface area contributed by atoms with Gasteiger partial charge in [-0.3, -0.25) is 4.79 Å². The molecule has 1 amide bonds. The van der Waals surface area contributed by atoms with E-state index in [1.807, 2.05) is 35.4 Å². The zero-order chi connectivity index (χ0) is 14.8. The maximum atomic E-state index is 11.7. The third-order valence-electron chi connectivity index (χ3n) is 3.62. The van der Waals surface area contributed by atoms with Gasteiger partial charge in [-0.2, -0.15) is 0 Å². The summed E-state index contributed by atoms with van der Waals surface area (Å²) in [7, 11) is 0. The molecule has 6 heteroatoms. The Morgan fingerprint density at radius 2 is 2.29 bits per heavy atom. The Morgan fingerprint density at radius 3 is 3.00 bits per heavy atom. The van der Waals surface area contributed by atoms with Gasteiger partial charge in [-0.1, -0.05) is 6.07 Å². The molecule has 5 nitrogen and oxygen atoms in total. The van der Waals surface area contributed by atoms with E-state index in [2.05, 4.69) is 15.3 Å². The Bertz CT molecular complexity index is 655. The molecular weight excluding hydrogens is 284 g/mol. The van der Waals surface area contributed by atoms with Crippen LogP contribution in [0.4, 0.5) is 10.9 Å². The number of thiazole rings is 1. The van der Waals surface area contributed by atoms with E-state index in [1.165, 1.54) is 0 Å². The number of carbonyl (C=O) groups excluding carboxylic acids is 1. The minimum atomic E-state index is 0.0993. The van der Waals surface area contributed by atoms with Crippen LogP contribution in [0.15, 0.2) is 23.6 Å². The van der Waals surface area contributed by atoms with Gasteiger partial charge in [0.2, 0.25) is 5.91 Å². The largest absolute Gasteiger partial charge is 0.334 e. The quantitative estimate of drug-likeness (QED) is 0.945. The summed E-state index contributed by atoms with van der Waals surface area (Å²) >= 11 is 1.56. The van der Waals surface area contributed by atoms with Crippen molar-refractivity contribution in [2.75, 3.05) is 11.9 Å². The number of hydrogen-bond donors (Lipinski definition) is 1. The lowest BCUT2D eigenvalue weighted by Crippen LogP contribution is -2.28. The second-order valence-electron chi connectivity index (χ2n) is 5.24. The van der Waals surface area contributed by atoms with Crippen LogP contribution in [0, 0.1) is 6.92 Å². The first-order valence-electron chi connectivity index (χ1n) is 7.07. The fourth-order valence-electron chi connectivity index (χ4n) is 2.68. The Morgan fingerprint density at radius 1 is 1.43 bits per heavy atom. The van der Waals surface area contributed by atoms with Crippen molar-refractivity contribution >= 4 is 28.2 Å². The second kappa shape index (κ2) is 5.81. The van der Waals surface area contributed by atoms with Crippen molar-refractivity contribution in [1.29, 1.82) is 0 Å². The van der Waals surface area contributed by atoms with Crippen LogP contribution in [0.5, 0.6) is 0 Å². The number of amides is 1. The first-order chi connectivity index (χ1) is 10.1. The molecule has 1 N–H and O–H groups in total. The van der Waals surface area contributed by atoms with Gasteiger partial charge in [-0.15, -0.1) is 11.3 Å². The molecule has 0 aromatic carbocycles. The average molecular weight is 302 g/mol. The molecule has 1 atom stereocenters. The van der Waals surface area contributed by atoms with Gasteiger partial charge in [-0.25, -0.2) is 9.97 Å². The lowest BCUT2D eigenvalue weighted by Gasteiger charge is -2.23. The number of likely N-dealkylation sites (tertiary alicyclic amines) is 1. The molecule has 0 unspecified atom stereocenters. The maximum Gasteiger partial charge on any atom is 0.220 e. The summed E-state index contributed by atoms with van der Waals surface area (Å²) < 4.78 is 0. The number of anilines is 2. The molecule has 2 aromatic rings. The van der Waals surface area contributed by atoms with Gasteiger partial charge in [0, 0.05) is 18.8 Å². The molecule has 110 valence electrons. The SMILES string of the molecule is CC(=O)N1CCC[C@@H]1c1cccc(Nc2nc(C)cs2)n1. The number of hydrogen-bond acceptors (Lipinski definition) is 5. The highest BCUT2D eigenvalue weighted by Gasteiger charge is 2.28. The highest BCUT2D eigenvalue weighted by molar-refractivity contribution is 7.13. The average Bonchev–Trinajstić information content (AvgIpc) is 3.08. The Hall–Kier alpha value is -1.95. The highest BCUT2D eigenvalue weighted by atomic mass is 32.1. The van der Waals surface area contributed by atoms with E-state index >= 15 is 0 Å². The smallest absolute Gasteiger partial charge is 0.220 e. The van der Waals surface area contributed by atoms with E-state index in [1.54, 1.807) is 18.3 Å². The van der Waals surface area contributed by atoms with Crippen LogP contribution >= 0.6 is 11.3 Å². The van der Waals surface area contributed by atoms with Crippen LogP contribution < -0.4 is 5.32 Å². The van der Waals surface area contributed by atoms with E-state index < -0.39 is 0 Å². The van der Waals surface area contributed by atoms with Crippen molar-refractivity contribution in [2.24, 2.45) is 0 Å². The van der Waals surface area contributed by atoms with Crippen molar-refractivity contribution in [3.05, 3.63) is 35.0 Å². The summed E-state index contributed by atoms with van der Waals surface area (Å²) in [6.07, 6.45) is 2.02. The van der Waals surface area contributed by atoms with Crippen LogP contribution in [-0.2, 0) is 4.79 Å². The van der Waals surface area contributed by atoms with Crippen LogP contribution in [0.25, 0.3) is 0 Å². The minimum absolute atomic E-state index is 0.0993. The molecule has 1 aliphatic rings. The van der Waals surface area contributed by atoms with Gasteiger partial charge in [0.05, 0.1) is 17.4 Å². The van der Waals surface area contributed by atoms with Crippen molar-refractivity contribution in [3.63, 3.8) is 0 Å². The number of carbonyl (C=O) groups is 1. The summed E-state index contributed by atoms with van der Waals surface area (Å²) in [6.45, 7) is 4.42. The third kappa shape index (κ3) is 3.05. The molecule has 2 aromatic heterocycles. The van der Waals surface area contributed by atoms with E-state index in [0.717, 1.165) is 41.7 Å². The van der Waals surface area contributed by atoms with Crippen molar-refractivity contribution < 1.29 is 4.79 Å². The predicted molar refractivity (Wildman–Crippen MR) is 83.7 cm³/mol. The van der Waals surface area contributed by atoms with Crippen molar-refractivity contribution in [2.45, 2.75) is 32.7 Å². The van der Waals surface area contributed by atoms with Gasteiger partial charge in [0.25, 0.3) is 0 Å². The van der Waals surface area contributed by atoms with Gasteiger partial charge >= 0.3 is 0 Å². The molecule has 1 saturated heterocycles. The summed E-state index contributed by atoms with van der Waals surface area (Å²) in [5.41, 5.74) is 1.94. The number of nitrogens with zero attached hydrogens (tertiary/aromatic N) is 3. The monoisotopic (exact) mass is 302 g/mol. The molecule has 0 aliphatic carbocycles. The maximum absolute atomic E-state index is 11.7. The Balaban J connectivity index is 1.81. The third-order valence-corrected chi connectivity index (χ3v) is 4.50. The molecule has 0 saturated carbocycles. The van der Waals surface area contributed by atoms with Crippen LogP contribution in [-0.4, -0.2) is 27.3 Å².